The highest BCUT2D eigenvalue weighted by atomic mass is 35.5. The number of benzene rings is 2. The highest BCUT2D eigenvalue weighted by molar-refractivity contribution is 6.30. The van der Waals surface area contributed by atoms with Crippen molar-refractivity contribution in [2.75, 3.05) is 5.32 Å². The normalized spacial score (nSPS) is 11.2. The molecule has 0 unspecified atom stereocenters. The van der Waals surface area contributed by atoms with Crippen LogP contribution in [0.1, 0.15) is 28.1 Å². The van der Waals surface area contributed by atoms with E-state index in [1.165, 1.54) is 0 Å². The summed E-state index contributed by atoms with van der Waals surface area (Å²) in [5.41, 5.74) is 6.57. The van der Waals surface area contributed by atoms with Crippen LogP contribution in [0.2, 0.25) is 5.02 Å². The van der Waals surface area contributed by atoms with Crippen LogP contribution in [-0.2, 0) is 4.79 Å². The van der Waals surface area contributed by atoms with Gasteiger partial charge in [-0.25, -0.2) is 0 Å². The molecule has 0 radical (unpaired) electrons. The van der Waals surface area contributed by atoms with Crippen LogP contribution in [0.4, 0.5) is 5.69 Å². The third-order valence-electron chi connectivity index (χ3n) is 4.85. The van der Waals surface area contributed by atoms with Crippen molar-refractivity contribution < 1.29 is 4.79 Å². The van der Waals surface area contributed by atoms with E-state index in [0.29, 0.717) is 10.7 Å². The Balaban J connectivity index is 1.93. The van der Waals surface area contributed by atoms with Crippen molar-refractivity contribution in [2.45, 2.75) is 27.7 Å². The lowest BCUT2D eigenvalue weighted by Crippen LogP contribution is -2.14. The van der Waals surface area contributed by atoms with E-state index in [1.807, 2.05) is 82.3 Å². The molecule has 29 heavy (non-hydrogen) atoms. The Morgan fingerprint density at radius 3 is 2.38 bits per heavy atom. The lowest BCUT2D eigenvalue weighted by atomic mass is 10.1. The Labute approximate surface area is 176 Å². The number of halogens is 1. The minimum atomic E-state index is -0.421. The Morgan fingerprint density at radius 1 is 1.07 bits per heavy atom. The molecule has 3 rings (SSSR count). The van der Waals surface area contributed by atoms with E-state index in [2.05, 4.69) is 9.88 Å². The molecule has 146 valence electrons. The van der Waals surface area contributed by atoms with Crippen LogP contribution in [0.3, 0.4) is 0 Å². The van der Waals surface area contributed by atoms with E-state index in [9.17, 15) is 10.1 Å². The number of aromatic nitrogens is 1. The third-order valence-corrected chi connectivity index (χ3v) is 5.10. The molecule has 3 aromatic rings. The number of nitrogens with one attached hydrogen (secondary N) is 1. The summed E-state index contributed by atoms with van der Waals surface area (Å²) in [6.07, 6.45) is 1.63. The van der Waals surface area contributed by atoms with Crippen molar-refractivity contribution in [2.24, 2.45) is 0 Å². The molecule has 1 aromatic heterocycles. The smallest absolute Gasteiger partial charge is 0.266 e. The molecule has 1 amide bonds. The van der Waals surface area contributed by atoms with Gasteiger partial charge in [-0.2, -0.15) is 5.26 Å². The number of rotatable bonds is 4. The highest BCUT2D eigenvalue weighted by Crippen LogP contribution is 2.24. The van der Waals surface area contributed by atoms with E-state index in [1.54, 1.807) is 6.08 Å². The van der Waals surface area contributed by atoms with E-state index >= 15 is 0 Å². The highest BCUT2D eigenvalue weighted by Gasteiger charge is 2.14. The monoisotopic (exact) mass is 403 g/mol. The fourth-order valence-corrected chi connectivity index (χ4v) is 3.49. The lowest BCUT2D eigenvalue weighted by Gasteiger charge is -2.10. The van der Waals surface area contributed by atoms with Crippen LogP contribution >= 0.6 is 11.6 Å². The summed E-state index contributed by atoms with van der Waals surface area (Å²) < 4.78 is 2.07. The molecule has 0 saturated carbocycles. The topological polar surface area (TPSA) is 57.8 Å². The van der Waals surface area contributed by atoms with Gasteiger partial charge in [-0.3, -0.25) is 4.79 Å². The maximum atomic E-state index is 12.7. The Bertz CT molecular complexity index is 1150. The number of aryl methyl sites for hydroxylation is 3. The molecular weight excluding hydrogens is 382 g/mol. The molecule has 4 nitrogen and oxygen atoms in total. The zero-order valence-corrected chi connectivity index (χ0v) is 17.6. The van der Waals surface area contributed by atoms with Gasteiger partial charge in [0.05, 0.1) is 0 Å². The second-order valence-corrected chi connectivity index (χ2v) is 7.52. The SMILES string of the molecule is Cc1ccc(NC(=O)/C(C#N)=C\c2cc(C)n(-c3ccc(Cl)cc3)c2C)c(C)c1. The molecule has 0 saturated heterocycles. The maximum absolute atomic E-state index is 12.7. The van der Waals surface area contributed by atoms with Gasteiger partial charge >= 0.3 is 0 Å². The molecule has 0 fully saturated rings. The van der Waals surface area contributed by atoms with Gasteiger partial charge in [-0.15, -0.1) is 0 Å². The summed E-state index contributed by atoms with van der Waals surface area (Å²) in [6, 6.07) is 17.3. The van der Waals surface area contributed by atoms with Crippen molar-refractivity contribution in [3.8, 4) is 11.8 Å². The molecule has 2 aromatic carbocycles. The average Bonchev–Trinajstić information content (AvgIpc) is 2.96. The molecule has 5 heteroatoms. The number of carbonyl (C=O) groups is 1. The Hall–Kier alpha value is -3.29. The molecule has 0 aliphatic heterocycles. The van der Waals surface area contributed by atoms with Crippen molar-refractivity contribution in [1.82, 2.24) is 4.57 Å². The molecule has 0 bridgehead atoms. The van der Waals surface area contributed by atoms with Gasteiger partial charge in [0.2, 0.25) is 0 Å². The first-order valence-electron chi connectivity index (χ1n) is 9.25. The first kappa shape index (κ1) is 20.4. The largest absolute Gasteiger partial charge is 0.321 e. The van der Waals surface area contributed by atoms with Crippen LogP contribution < -0.4 is 5.32 Å². The van der Waals surface area contributed by atoms with Crippen LogP contribution in [0, 0.1) is 39.0 Å². The fourth-order valence-electron chi connectivity index (χ4n) is 3.37. The van der Waals surface area contributed by atoms with Crippen molar-refractivity contribution in [3.63, 3.8) is 0 Å². The zero-order chi connectivity index (χ0) is 21.1. The number of hydrogen-bond donors (Lipinski definition) is 1. The average molecular weight is 404 g/mol. The summed E-state index contributed by atoms with van der Waals surface area (Å²) in [5, 5.41) is 13.1. The Kier molecular flexibility index (Phi) is 5.91. The van der Waals surface area contributed by atoms with E-state index in [4.69, 9.17) is 11.6 Å². The maximum Gasteiger partial charge on any atom is 0.266 e. The molecule has 0 aliphatic carbocycles. The van der Waals surface area contributed by atoms with Crippen molar-refractivity contribution in [3.05, 3.63) is 87.2 Å². The summed E-state index contributed by atoms with van der Waals surface area (Å²) in [6.45, 7) is 7.87. The number of hydrogen-bond acceptors (Lipinski definition) is 2. The molecule has 1 N–H and O–H groups in total. The van der Waals surface area contributed by atoms with E-state index < -0.39 is 5.91 Å². The number of carbonyl (C=O) groups excluding carboxylic acids is 1. The quantitative estimate of drug-likeness (QED) is 0.434. The molecular formula is C24H22ClN3O. The van der Waals surface area contributed by atoms with Crippen molar-refractivity contribution >= 4 is 29.3 Å². The minimum absolute atomic E-state index is 0.0568. The lowest BCUT2D eigenvalue weighted by molar-refractivity contribution is -0.112. The summed E-state index contributed by atoms with van der Waals surface area (Å²) >= 11 is 5.99. The fraction of sp³-hybridized carbons (Fsp3) is 0.167. The van der Waals surface area contributed by atoms with Gasteiger partial charge in [-0.05, 0) is 81.3 Å². The van der Waals surface area contributed by atoms with Gasteiger partial charge in [0, 0.05) is 27.8 Å². The molecule has 0 aliphatic rings. The zero-order valence-electron chi connectivity index (χ0n) is 16.9. The van der Waals surface area contributed by atoms with E-state index in [0.717, 1.165) is 33.8 Å². The van der Waals surface area contributed by atoms with Crippen molar-refractivity contribution in [1.29, 1.82) is 5.26 Å². The summed E-state index contributed by atoms with van der Waals surface area (Å²) in [4.78, 5) is 12.7. The molecule has 0 atom stereocenters. The number of anilines is 1. The van der Waals surface area contributed by atoms with Gasteiger partial charge < -0.3 is 9.88 Å². The first-order valence-corrected chi connectivity index (χ1v) is 9.63. The summed E-state index contributed by atoms with van der Waals surface area (Å²) in [7, 11) is 0. The van der Waals surface area contributed by atoms with Gasteiger partial charge in [0.1, 0.15) is 11.6 Å². The second-order valence-electron chi connectivity index (χ2n) is 7.08. The third kappa shape index (κ3) is 4.42. The number of nitrogens with zero attached hydrogens (tertiary/aromatic N) is 2. The number of nitriles is 1. The van der Waals surface area contributed by atoms with Gasteiger partial charge in [0.25, 0.3) is 5.91 Å². The minimum Gasteiger partial charge on any atom is -0.321 e. The van der Waals surface area contributed by atoms with Crippen LogP contribution in [-0.4, -0.2) is 10.5 Å². The predicted molar refractivity (Wildman–Crippen MR) is 118 cm³/mol. The second kappa shape index (κ2) is 8.38. The van der Waals surface area contributed by atoms with E-state index in [-0.39, 0.29) is 5.57 Å². The first-order chi connectivity index (χ1) is 13.8. The van der Waals surface area contributed by atoms with Gasteiger partial charge in [-0.1, -0.05) is 29.3 Å². The molecule has 1 heterocycles. The standard InChI is InChI=1S/C24H22ClN3O/c1-15-5-10-23(16(2)11-15)27-24(29)20(14-26)13-19-12-17(3)28(18(19)4)22-8-6-21(25)7-9-22/h5-13H,1-4H3,(H,27,29)/b20-13-. The van der Waals surface area contributed by atoms with Gasteiger partial charge in [0.15, 0.2) is 0 Å². The summed E-state index contributed by atoms with van der Waals surface area (Å²) in [5.74, 6) is -0.421. The van der Waals surface area contributed by atoms with Crippen LogP contribution in [0.5, 0.6) is 0 Å². The Morgan fingerprint density at radius 2 is 1.76 bits per heavy atom. The van der Waals surface area contributed by atoms with Crippen LogP contribution in [0.15, 0.2) is 54.1 Å². The van der Waals surface area contributed by atoms with Crippen LogP contribution in [0.25, 0.3) is 11.8 Å². The predicted octanol–water partition coefficient (Wildman–Crippen LogP) is 5.91. The number of amides is 1. The molecule has 0 spiro atoms.